The first-order valence-electron chi connectivity index (χ1n) is 5.83. The smallest absolute Gasteiger partial charge is 0.139 e. The van der Waals surface area contributed by atoms with Gasteiger partial charge in [-0.2, -0.15) is 15.5 Å². The summed E-state index contributed by atoms with van der Waals surface area (Å²) in [6, 6.07) is 2.42. The molecule has 0 aliphatic heterocycles. The molecule has 0 bridgehead atoms. The van der Waals surface area contributed by atoms with Gasteiger partial charge < -0.3 is 5.32 Å². The Hall–Kier alpha value is -2.29. The Morgan fingerprint density at radius 2 is 2.33 bits per heavy atom. The Morgan fingerprint density at radius 1 is 1.56 bits per heavy atom. The number of hydrogen-bond donors (Lipinski definition) is 2. The zero-order valence-corrected chi connectivity index (χ0v) is 10.7. The Labute approximate surface area is 106 Å². The van der Waals surface area contributed by atoms with Gasteiger partial charge in [0.05, 0.1) is 11.9 Å². The van der Waals surface area contributed by atoms with E-state index in [1.807, 2.05) is 17.8 Å². The van der Waals surface area contributed by atoms with Crippen molar-refractivity contribution in [1.82, 2.24) is 20.0 Å². The number of nitrogens with zero attached hydrogens (tertiary/aromatic N) is 4. The molecule has 0 saturated carbocycles. The molecule has 6 nitrogen and oxygen atoms in total. The van der Waals surface area contributed by atoms with Crippen molar-refractivity contribution in [2.75, 3.05) is 5.32 Å². The second-order valence-corrected chi connectivity index (χ2v) is 4.44. The highest BCUT2D eigenvalue weighted by Gasteiger charge is 2.08. The lowest BCUT2D eigenvalue weighted by Crippen LogP contribution is -2.02. The topological polar surface area (TPSA) is 82.3 Å². The predicted molar refractivity (Wildman–Crippen MR) is 68.0 cm³/mol. The molecule has 0 unspecified atom stereocenters. The zero-order chi connectivity index (χ0) is 13.1. The summed E-state index contributed by atoms with van der Waals surface area (Å²) in [4.78, 5) is 0. The summed E-state index contributed by atoms with van der Waals surface area (Å²) >= 11 is 0. The maximum absolute atomic E-state index is 8.87. The molecule has 2 heterocycles. The molecular formula is C12H16N6. The Kier molecular flexibility index (Phi) is 3.33. The van der Waals surface area contributed by atoms with E-state index in [1.165, 1.54) is 6.20 Å². The molecule has 2 N–H and O–H groups in total. The Bertz CT molecular complexity index is 572. The summed E-state index contributed by atoms with van der Waals surface area (Å²) in [5.74, 6) is 0.647. The molecule has 0 amide bonds. The van der Waals surface area contributed by atoms with Crippen LogP contribution in [-0.4, -0.2) is 20.0 Å². The number of aryl methyl sites for hydroxylation is 1. The summed E-state index contributed by atoms with van der Waals surface area (Å²) in [5.41, 5.74) is 2.63. The number of hydrogen-bond acceptors (Lipinski definition) is 4. The summed E-state index contributed by atoms with van der Waals surface area (Å²) in [7, 11) is 0. The molecule has 0 saturated heterocycles. The highest BCUT2D eigenvalue weighted by Crippen LogP contribution is 2.14. The lowest BCUT2D eigenvalue weighted by Gasteiger charge is -2.04. The van der Waals surface area contributed by atoms with E-state index in [0.29, 0.717) is 24.0 Å². The molecule has 0 atom stereocenters. The minimum atomic E-state index is 0.347. The molecule has 0 aromatic carbocycles. The molecule has 0 aliphatic carbocycles. The molecule has 2 aromatic rings. The van der Waals surface area contributed by atoms with Crippen LogP contribution in [0.5, 0.6) is 0 Å². The van der Waals surface area contributed by atoms with Crippen LogP contribution >= 0.6 is 0 Å². The van der Waals surface area contributed by atoms with Gasteiger partial charge in [-0.1, -0.05) is 0 Å². The van der Waals surface area contributed by atoms with E-state index in [1.54, 1.807) is 0 Å². The number of aromatic amines is 1. The average molecular weight is 244 g/mol. The quantitative estimate of drug-likeness (QED) is 0.861. The highest BCUT2D eigenvalue weighted by molar-refractivity contribution is 5.50. The second-order valence-electron chi connectivity index (χ2n) is 4.44. The first-order valence-corrected chi connectivity index (χ1v) is 5.83. The van der Waals surface area contributed by atoms with E-state index < -0.39 is 0 Å². The lowest BCUT2D eigenvalue weighted by atomic mass is 10.2. The van der Waals surface area contributed by atoms with Crippen LogP contribution in [0.25, 0.3) is 0 Å². The summed E-state index contributed by atoms with van der Waals surface area (Å²) in [6.45, 7) is 6.78. The first-order chi connectivity index (χ1) is 8.61. The molecule has 0 radical (unpaired) electrons. The zero-order valence-electron chi connectivity index (χ0n) is 10.7. The maximum Gasteiger partial charge on any atom is 0.139 e. The van der Waals surface area contributed by atoms with Crippen LogP contribution in [0.3, 0.4) is 0 Å². The van der Waals surface area contributed by atoms with Gasteiger partial charge in [-0.15, -0.1) is 0 Å². The molecule has 2 aromatic heterocycles. The normalized spacial score (nSPS) is 10.6. The molecular weight excluding hydrogens is 228 g/mol. The van der Waals surface area contributed by atoms with E-state index in [-0.39, 0.29) is 0 Å². The van der Waals surface area contributed by atoms with Gasteiger partial charge in [0.2, 0.25) is 0 Å². The van der Waals surface area contributed by atoms with Gasteiger partial charge in [0.1, 0.15) is 17.5 Å². The van der Waals surface area contributed by atoms with E-state index in [2.05, 4.69) is 40.5 Å². The van der Waals surface area contributed by atoms with E-state index in [4.69, 9.17) is 5.26 Å². The van der Waals surface area contributed by atoms with Gasteiger partial charge in [-0.3, -0.25) is 9.78 Å². The largest absolute Gasteiger partial charge is 0.365 e. The third kappa shape index (κ3) is 2.35. The van der Waals surface area contributed by atoms with Crippen LogP contribution in [-0.2, 0) is 6.54 Å². The van der Waals surface area contributed by atoms with Crippen molar-refractivity contribution in [2.45, 2.75) is 33.4 Å². The monoisotopic (exact) mass is 244 g/mol. The minimum absolute atomic E-state index is 0.347. The lowest BCUT2D eigenvalue weighted by molar-refractivity contribution is 0.529. The van der Waals surface area contributed by atoms with Crippen LogP contribution in [0.2, 0.25) is 0 Å². The Balaban J connectivity index is 2.09. The summed E-state index contributed by atoms with van der Waals surface area (Å²) in [5, 5.41) is 23.1. The van der Waals surface area contributed by atoms with Crippen LogP contribution in [0, 0.1) is 18.3 Å². The van der Waals surface area contributed by atoms with Gasteiger partial charge in [0.15, 0.2) is 0 Å². The van der Waals surface area contributed by atoms with Gasteiger partial charge in [-0.05, 0) is 20.8 Å². The molecule has 2 rings (SSSR count). The maximum atomic E-state index is 8.87. The minimum Gasteiger partial charge on any atom is -0.365 e. The number of rotatable bonds is 4. The molecule has 0 spiro atoms. The Morgan fingerprint density at radius 3 is 2.94 bits per heavy atom. The fourth-order valence-corrected chi connectivity index (χ4v) is 1.65. The SMILES string of the molecule is Cc1nn(C(C)C)cc1CNc1[nH]ncc1C#N. The fourth-order valence-electron chi connectivity index (χ4n) is 1.65. The molecule has 0 fully saturated rings. The van der Waals surface area contributed by atoms with Crippen molar-refractivity contribution in [1.29, 1.82) is 5.26 Å². The van der Waals surface area contributed by atoms with Crippen molar-refractivity contribution in [3.63, 3.8) is 0 Å². The van der Waals surface area contributed by atoms with Crippen LogP contribution in [0.4, 0.5) is 5.82 Å². The van der Waals surface area contributed by atoms with Crippen LogP contribution < -0.4 is 5.32 Å². The van der Waals surface area contributed by atoms with Crippen molar-refractivity contribution >= 4 is 5.82 Å². The number of H-pyrrole nitrogens is 1. The standard InChI is InChI=1S/C12H16N6/c1-8(2)18-7-11(9(3)17-18)5-14-12-10(4-13)6-15-16-12/h6-8H,5H2,1-3H3,(H2,14,15,16). The number of nitriles is 1. The molecule has 94 valence electrons. The van der Waals surface area contributed by atoms with Gasteiger partial charge in [-0.25, -0.2) is 0 Å². The highest BCUT2D eigenvalue weighted by atomic mass is 15.3. The number of nitrogens with one attached hydrogen (secondary N) is 2. The van der Waals surface area contributed by atoms with E-state index >= 15 is 0 Å². The number of aromatic nitrogens is 4. The van der Waals surface area contributed by atoms with Crippen molar-refractivity contribution in [3.05, 3.63) is 29.2 Å². The second kappa shape index (κ2) is 4.92. The molecule has 18 heavy (non-hydrogen) atoms. The first kappa shape index (κ1) is 12.2. The van der Waals surface area contributed by atoms with Crippen molar-refractivity contribution in [3.8, 4) is 6.07 Å². The molecule has 0 aliphatic rings. The van der Waals surface area contributed by atoms with Gasteiger partial charge in [0, 0.05) is 24.3 Å². The summed E-state index contributed by atoms with van der Waals surface area (Å²) < 4.78 is 1.94. The van der Waals surface area contributed by atoms with Crippen molar-refractivity contribution in [2.24, 2.45) is 0 Å². The van der Waals surface area contributed by atoms with Crippen LogP contribution in [0.1, 0.15) is 36.7 Å². The average Bonchev–Trinajstić information content (AvgIpc) is 2.92. The van der Waals surface area contributed by atoms with Crippen LogP contribution in [0.15, 0.2) is 12.4 Å². The third-order valence-corrected chi connectivity index (χ3v) is 2.76. The molecule has 6 heteroatoms. The number of anilines is 1. The fraction of sp³-hybridized carbons (Fsp3) is 0.417. The van der Waals surface area contributed by atoms with Crippen molar-refractivity contribution < 1.29 is 0 Å². The predicted octanol–water partition coefficient (Wildman–Crippen LogP) is 1.98. The van der Waals surface area contributed by atoms with Gasteiger partial charge >= 0.3 is 0 Å². The van der Waals surface area contributed by atoms with E-state index in [0.717, 1.165) is 11.3 Å². The summed E-state index contributed by atoms with van der Waals surface area (Å²) in [6.07, 6.45) is 3.53. The van der Waals surface area contributed by atoms with Gasteiger partial charge in [0.25, 0.3) is 0 Å². The van der Waals surface area contributed by atoms with E-state index in [9.17, 15) is 0 Å². The third-order valence-electron chi connectivity index (χ3n) is 2.76.